The van der Waals surface area contributed by atoms with Crippen molar-refractivity contribution >= 4 is 23.2 Å². The van der Waals surface area contributed by atoms with Crippen molar-refractivity contribution in [2.45, 2.75) is 0 Å². The number of fused-ring (bicyclic) bond motifs is 1. The predicted octanol–water partition coefficient (Wildman–Crippen LogP) is 1.80. The number of anilines is 2. The van der Waals surface area contributed by atoms with Gasteiger partial charge in [-0.2, -0.15) is 0 Å². The molecular formula is C14H10FN3O3. The molecule has 0 atom stereocenters. The van der Waals surface area contributed by atoms with E-state index in [4.69, 9.17) is 4.74 Å². The topological polar surface area (TPSA) is 80.3 Å². The number of hydrogen-bond acceptors (Lipinski definition) is 4. The standard InChI is InChI=1S/C14H10FN3O3/c15-9-4-10-13(21-7-12(19)17-10)11(5-9)18-14(20)8-2-1-3-16-6-8/h1-6H,7H2,(H,17,19)(H,18,20). The maximum atomic E-state index is 13.6. The molecule has 2 heterocycles. The molecular weight excluding hydrogens is 277 g/mol. The first-order valence-electron chi connectivity index (χ1n) is 6.11. The lowest BCUT2D eigenvalue weighted by Gasteiger charge is -2.21. The second kappa shape index (κ2) is 5.20. The molecule has 0 bridgehead atoms. The highest BCUT2D eigenvalue weighted by molar-refractivity contribution is 6.06. The average molecular weight is 287 g/mol. The number of carbonyl (C=O) groups is 2. The van der Waals surface area contributed by atoms with Crippen LogP contribution in [-0.4, -0.2) is 23.4 Å². The summed E-state index contributed by atoms with van der Waals surface area (Å²) in [5.41, 5.74) is 0.668. The van der Waals surface area contributed by atoms with Crippen LogP contribution in [0.2, 0.25) is 0 Å². The third-order valence-corrected chi connectivity index (χ3v) is 2.85. The van der Waals surface area contributed by atoms with Gasteiger partial charge in [0.15, 0.2) is 12.4 Å². The third kappa shape index (κ3) is 2.66. The molecule has 2 N–H and O–H groups in total. The third-order valence-electron chi connectivity index (χ3n) is 2.85. The van der Waals surface area contributed by atoms with Crippen LogP contribution >= 0.6 is 0 Å². The largest absolute Gasteiger partial charge is 0.479 e. The molecule has 1 aliphatic heterocycles. The molecule has 21 heavy (non-hydrogen) atoms. The van der Waals surface area contributed by atoms with Gasteiger partial charge >= 0.3 is 0 Å². The Morgan fingerprint density at radius 3 is 3.05 bits per heavy atom. The Kier molecular flexibility index (Phi) is 3.23. The van der Waals surface area contributed by atoms with E-state index in [1.54, 1.807) is 18.3 Å². The molecule has 6 nitrogen and oxygen atoms in total. The van der Waals surface area contributed by atoms with Crippen LogP contribution in [0.3, 0.4) is 0 Å². The number of rotatable bonds is 2. The molecule has 3 rings (SSSR count). The van der Waals surface area contributed by atoms with Crippen molar-refractivity contribution in [3.63, 3.8) is 0 Å². The fraction of sp³-hybridized carbons (Fsp3) is 0.0714. The summed E-state index contributed by atoms with van der Waals surface area (Å²) < 4.78 is 18.8. The quantitative estimate of drug-likeness (QED) is 0.882. The minimum atomic E-state index is -0.596. The molecule has 106 valence electrons. The summed E-state index contributed by atoms with van der Waals surface area (Å²) >= 11 is 0. The van der Waals surface area contributed by atoms with Crippen LogP contribution in [0.4, 0.5) is 15.8 Å². The van der Waals surface area contributed by atoms with Crippen molar-refractivity contribution in [1.29, 1.82) is 0 Å². The van der Waals surface area contributed by atoms with Crippen molar-refractivity contribution in [2.75, 3.05) is 17.2 Å². The minimum absolute atomic E-state index is 0.152. The summed E-state index contributed by atoms with van der Waals surface area (Å²) in [5, 5.41) is 5.03. The van der Waals surface area contributed by atoms with Gasteiger partial charge in [-0.3, -0.25) is 14.6 Å². The predicted molar refractivity (Wildman–Crippen MR) is 72.7 cm³/mol. The van der Waals surface area contributed by atoms with Crippen LogP contribution in [0.25, 0.3) is 0 Å². The number of amides is 2. The number of benzene rings is 1. The van der Waals surface area contributed by atoms with Gasteiger partial charge in [0.2, 0.25) is 0 Å². The van der Waals surface area contributed by atoms with Crippen molar-refractivity contribution < 1.29 is 18.7 Å². The van der Waals surface area contributed by atoms with Crippen molar-refractivity contribution in [1.82, 2.24) is 4.98 Å². The Labute approximate surface area is 118 Å². The second-order valence-electron chi connectivity index (χ2n) is 4.36. The monoisotopic (exact) mass is 287 g/mol. The maximum absolute atomic E-state index is 13.6. The van der Waals surface area contributed by atoms with Crippen LogP contribution in [0, 0.1) is 5.82 Å². The number of nitrogens with one attached hydrogen (secondary N) is 2. The van der Waals surface area contributed by atoms with E-state index in [1.165, 1.54) is 6.20 Å². The second-order valence-corrected chi connectivity index (χ2v) is 4.36. The summed E-state index contributed by atoms with van der Waals surface area (Å²) in [4.78, 5) is 27.1. The van der Waals surface area contributed by atoms with Gasteiger partial charge in [-0.15, -0.1) is 0 Å². The first kappa shape index (κ1) is 13.0. The molecule has 0 saturated carbocycles. The summed E-state index contributed by atoms with van der Waals surface area (Å²) in [5.74, 6) is -1.19. The zero-order valence-electron chi connectivity index (χ0n) is 10.7. The highest BCUT2D eigenvalue weighted by Crippen LogP contribution is 2.36. The fourth-order valence-electron chi connectivity index (χ4n) is 1.95. The maximum Gasteiger partial charge on any atom is 0.262 e. The van der Waals surface area contributed by atoms with Crippen LogP contribution < -0.4 is 15.4 Å². The van der Waals surface area contributed by atoms with Gasteiger partial charge in [0.25, 0.3) is 11.8 Å². The van der Waals surface area contributed by atoms with Gasteiger partial charge in [0.1, 0.15) is 5.82 Å². The number of aromatic nitrogens is 1. The van der Waals surface area contributed by atoms with Gasteiger partial charge in [0, 0.05) is 24.5 Å². The lowest BCUT2D eigenvalue weighted by atomic mass is 10.2. The summed E-state index contributed by atoms with van der Waals surface area (Å²) in [6.07, 6.45) is 2.93. The normalized spacial score (nSPS) is 12.9. The van der Waals surface area contributed by atoms with Gasteiger partial charge in [-0.1, -0.05) is 0 Å². The SMILES string of the molecule is O=C1COc2c(cc(F)cc2NC(=O)c2cccnc2)N1. The average Bonchev–Trinajstić information content (AvgIpc) is 2.47. The molecule has 1 aromatic carbocycles. The van der Waals surface area contributed by atoms with Crippen molar-refractivity contribution in [3.05, 3.63) is 48.0 Å². The van der Waals surface area contributed by atoms with Crippen LogP contribution in [-0.2, 0) is 4.79 Å². The molecule has 2 amide bonds. The smallest absolute Gasteiger partial charge is 0.262 e. The molecule has 0 fully saturated rings. The van der Waals surface area contributed by atoms with Crippen molar-refractivity contribution in [3.8, 4) is 5.75 Å². The van der Waals surface area contributed by atoms with E-state index in [2.05, 4.69) is 15.6 Å². The molecule has 0 radical (unpaired) electrons. The highest BCUT2D eigenvalue weighted by atomic mass is 19.1. The van der Waals surface area contributed by atoms with Crippen molar-refractivity contribution in [2.24, 2.45) is 0 Å². The number of hydrogen-bond donors (Lipinski definition) is 2. The zero-order valence-corrected chi connectivity index (χ0v) is 10.7. The van der Waals surface area contributed by atoms with Gasteiger partial charge in [0.05, 0.1) is 16.9 Å². The van der Waals surface area contributed by atoms with Gasteiger partial charge in [-0.25, -0.2) is 4.39 Å². The molecule has 1 aromatic heterocycles. The summed E-state index contributed by atoms with van der Waals surface area (Å²) in [6, 6.07) is 5.46. The Balaban J connectivity index is 1.92. The number of pyridine rings is 1. The van der Waals surface area contributed by atoms with E-state index in [-0.39, 0.29) is 29.6 Å². The Morgan fingerprint density at radius 2 is 2.29 bits per heavy atom. The fourth-order valence-corrected chi connectivity index (χ4v) is 1.95. The Bertz CT molecular complexity index is 719. The first-order chi connectivity index (χ1) is 10.1. The highest BCUT2D eigenvalue weighted by Gasteiger charge is 2.22. The minimum Gasteiger partial charge on any atom is -0.479 e. The van der Waals surface area contributed by atoms with E-state index in [0.29, 0.717) is 5.56 Å². The number of ether oxygens (including phenoxy) is 1. The zero-order chi connectivity index (χ0) is 14.8. The van der Waals surface area contributed by atoms with Crippen LogP contribution in [0.15, 0.2) is 36.7 Å². The van der Waals surface area contributed by atoms with Gasteiger partial charge in [-0.05, 0) is 12.1 Å². The molecule has 7 heteroatoms. The number of halogens is 1. The first-order valence-corrected chi connectivity index (χ1v) is 6.11. The molecule has 0 unspecified atom stereocenters. The molecule has 0 aliphatic carbocycles. The van der Waals surface area contributed by atoms with E-state index in [9.17, 15) is 14.0 Å². The van der Waals surface area contributed by atoms with E-state index < -0.39 is 11.7 Å². The Morgan fingerprint density at radius 1 is 1.43 bits per heavy atom. The van der Waals surface area contributed by atoms with E-state index >= 15 is 0 Å². The lowest BCUT2D eigenvalue weighted by molar-refractivity contribution is -0.118. The lowest BCUT2D eigenvalue weighted by Crippen LogP contribution is -2.26. The van der Waals surface area contributed by atoms with E-state index in [1.807, 2.05) is 0 Å². The van der Waals surface area contributed by atoms with E-state index in [0.717, 1.165) is 12.1 Å². The Hall–Kier alpha value is -2.96. The van der Waals surface area contributed by atoms with Gasteiger partial charge < -0.3 is 15.4 Å². The number of carbonyl (C=O) groups excluding carboxylic acids is 2. The number of nitrogens with zero attached hydrogens (tertiary/aromatic N) is 1. The van der Waals surface area contributed by atoms with Crippen LogP contribution in [0.5, 0.6) is 5.75 Å². The summed E-state index contributed by atoms with van der Waals surface area (Å²) in [7, 11) is 0. The molecule has 2 aromatic rings. The van der Waals surface area contributed by atoms with Crippen LogP contribution in [0.1, 0.15) is 10.4 Å². The summed E-state index contributed by atoms with van der Waals surface area (Å²) in [6.45, 7) is -0.186. The molecule has 0 saturated heterocycles. The molecule has 1 aliphatic rings. The molecule has 0 spiro atoms.